The van der Waals surface area contributed by atoms with Crippen LogP contribution in [0.1, 0.15) is 31.1 Å². The second-order valence-electron chi connectivity index (χ2n) is 5.02. The average molecular weight is 374 g/mol. The number of esters is 2. The Balaban J connectivity index is 3.19. The summed E-state index contributed by atoms with van der Waals surface area (Å²) in [5.41, 5.74) is 0.0942. The molecule has 0 aromatic heterocycles. The highest BCUT2D eigenvalue weighted by Gasteiger charge is 2.19. The average Bonchev–Trinajstić information content (AvgIpc) is 2.48. The van der Waals surface area contributed by atoms with Gasteiger partial charge in [-0.2, -0.15) is 0 Å². The Morgan fingerprint density at radius 1 is 1.21 bits per heavy atom. The van der Waals surface area contributed by atoms with Gasteiger partial charge in [-0.05, 0) is 32.9 Å². The summed E-state index contributed by atoms with van der Waals surface area (Å²) in [4.78, 5) is 35.2. The maximum Gasteiger partial charge on any atom is 0.343 e. The summed E-state index contributed by atoms with van der Waals surface area (Å²) in [5.74, 6) is -1.92. The van der Waals surface area contributed by atoms with E-state index in [9.17, 15) is 14.4 Å². The van der Waals surface area contributed by atoms with Gasteiger partial charge in [-0.3, -0.25) is 4.79 Å². The molecule has 0 spiro atoms. The first-order valence-corrected chi connectivity index (χ1v) is 7.69. The molecule has 24 heavy (non-hydrogen) atoms. The lowest BCUT2D eigenvalue weighted by Crippen LogP contribution is -2.18. The number of nitrogens with one attached hydrogen (secondary N) is 1. The maximum atomic E-state index is 11.9. The Morgan fingerprint density at radius 2 is 1.83 bits per heavy atom. The first kappa shape index (κ1) is 20.0. The Kier molecular flexibility index (Phi) is 7.25. The number of methoxy groups -OCH3 is 1. The van der Waals surface area contributed by atoms with Gasteiger partial charge in [0.1, 0.15) is 5.57 Å². The molecule has 0 aliphatic heterocycles. The third-order valence-corrected chi connectivity index (χ3v) is 3.38. The second-order valence-corrected chi connectivity index (χ2v) is 5.83. The van der Waals surface area contributed by atoms with Gasteiger partial charge in [-0.1, -0.05) is 23.2 Å². The number of rotatable bonds is 6. The maximum absolute atomic E-state index is 11.9. The highest BCUT2D eigenvalue weighted by Crippen LogP contribution is 2.31. The van der Waals surface area contributed by atoms with Gasteiger partial charge in [0.2, 0.25) is 0 Å². The second kappa shape index (κ2) is 8.70. The number of hydrogen-bond acceptors (Lipinski definition) is 6. The molecule has 0 heterocycles. The van der Waals surface area contributed by atoms with Crippen molar-refractivity contribution < 1.29 is 23.9 Å². The molecule has 1 aromatic carbocycles. The number of carbonyl (C=O) groups is 3. The summed E-state index contributed by atoms with van der Waals surface area (Å²) in [6.45, 7) is 4.56. The zero-order valence-electron chi connectivity index (χ0n) is 13.6. The quantitative estimate of drug-likeness (QED) is 0.355. The summed E-state index contributed by atoms with van der Waals surface area (Å²) >= 11 is 12.1. The predicted molar refractivity (Wildman–Crippen MR) is 91.4 cm³/mol. The molecule has 6 nitrogen and oxygen atoms in total. The molecule has 8 heteroatoms. The predicted octanol–water partition coefficient (Wildman–Crippen LogP) is 3.62. The van der Waals surface area contributed by atoms with E-state index in [4.69, 9.17) is 27.9 Å². The highest BCUT2D eigenvalue weighted by molar-refractivity contribution is 6.38. The van der Waals surface area contributed by atoms with Crippen LogP contribution in [-0.2, 0) is 19.1 Å². The van der Waals surface area contributed by atoms with E-state index < -0.39 is 17.7 Å². The molecular formula is C16H17Cl2NO5. The first-order chi connectivity index (χ1) is 11.2. The van der Waals surface area contributed by atoms with Gasteiger partial charge in [0, 0.05) is 11.2 Å². The van der Waals surface area contributed by atoms with E-state index in [1.54, 1.807) is 13.8 Å². The normalized spacial score (nSPS) is 11.2. The molecule has 0 fully saturated rings. The topological polar surface area (TPSA) is 81.7 Å². The van der Waals surface area contributed by atoms with E-state index in [0.717, 1.165) is 6.20 Å². The van der Waals surface area contributed by atoms with Crippen molar-refractivity contribution in [3.63, 3.8) is 0 Å². The van der Waals surface area contributed by atoms with Crippen molar-refractivity contribution >= 4 is 46.6 Å². The molecule has 0 amide bonds. The van der Waals surface area contributed by atoms with Crippen LogP contribution < -0.4 is 5.32 Å². The number of benzene rings is 1. The molecule has 0 saturated carbocycles. The summed E-state index contributed by atoms with van der Waals surface area (Å²) in [5, 5.41) is 2.97. The Labute approximate surface area is 149 Å². The number of ketones is 1. The molecule has 1 rings (SSSR count). The molecule has 1 aromatic rings. The van der Waals surface area contributed by atoms with Gasteiger partial charge in [0.15, 0.2) is 5.78 Å². The monoisotopic (exact) mass is 373 g/mol. The van der Waals surface area contributed by atoms with E-state index >= 15 is 0 Å². The SMILES string of the molecule is COC(=O)c1cc(Cl)cc(NC=C(C(C)=O)C(=O)OC(C)C)c1Cl. The smallest absolute Gasteiger partial charge is 0.343 e. The third-order valence-electron chi connectivity index (χ3n) is 2.76. The van der Waals surface area contributed by atoms with Crippen molar-refractivity contribution in [1.29, 1.82) is 0 Å². The van der Waals surface area contributed by atoms with Crippen LogP contribution in [0, 0.1) is 0 Å². The molecule has 0 aliphatic carbocycles. The van der Waals surface area contributed by atoms with Crippen molar-refractivity contribution in [3.05, 3.63) is 39.5 Å². The minimum atomic E-state index is -0.767. The standard InChI is InChI=1S/C16H17Cl2NO5/c1-8(2)24-16(22)12(9(3)20)7-19-13-6-10(17)5-11(14(13)18)15(21)23-4/h5-8,19H,1-4H3. The molecule has 0 unspecified atom stereocenters. The number of hydrogen-bond donors (Lipinski definition) is 1. The minimum absolute atomic E-state index is 0.0441. The van der Waals surface area contributed by atoms with E-state index in [0.29, 0.717) is 0 Å². The van der Waals surface area contributed by atoms with Gasteiger partial charge in [-0.15, -0.1) is 0 Å². The van der Waals surface area contributed by atoms with E-state index in [-0.39, 0.29) is 33.0 Å². The van der Waals surface area contributed by atoms with Crippen molar-refractivity contribution in [1.82, 2.24) is 0 Å². The lowest BCUT2D eigenvalue weighted by atomic mass is 10.2. The van der Waals surface area contributed by atoms with Crippen molar-refractivity contribution in [3.8, 4) is 0 Å². The van der Waals surface area contributed by atoms with E-state index in [1.807, 2.05) is 0 Å². The lowest BCUT2D eigenvalue weighted by Gasteiger charge is -2.12. The molecule has 0 radical (unpaired) electrons. The van der Waals surface area contributed by atoms with Crippen LogP contribution in [0.5, 0.6) is 0 Å². The Morgan fingerprint density at radius 3 is 2.33 bits per heavy atom. The number of ether oxygens (including phenoxy) is 2. The van der Waals surface area contributed by atoms with Crippen LogP contribution in [-0.4, -0.2) is 30.9 Å². The van der Waals surface area contributed by atoms with Crippen LogP contribution in [0.15, 0.2) is 23.9 Å². The molecule has 0 saturated heterocycles. The zero-order chi connectivity index (χ0) is 18.4. The van der Waals surface area contributed by atoms with Gasteiger partial charge in [0.25, 0.3) is 0 Å². The van der Waals surface area contributed by atoms with E-state index in [1.165, 1.54) is 26.2 Å². The zero-order valence-corrected chi connectivity index (χ0v) is 15.1. The molecule has 0 atom stereocenters. The Hall–Kier alpha value is -2.05. The van der Waals surface area contributed by atoms with Crippen molar-refractivity contribution in [2.24, 2.45) is 0 Å². The van der Waals surface area contributed by atoms with Crippen LogP contribution in [0.3, 0.4) is 0 Å². The first-order valence-electron chi connectivity index (χ1n) is 6.93. The van der Waals surface area contributed by atoms with Gasteiger partial charge in [-0.25, -0.2) is 9.59 Å². The van der Waals surface area contributed by atoms with Crippen LogP contribution >= 0.6 is 23.2 Å². The van der Waals surface area contributed by atoms with Crippen molar-refractivity contribution in [2.45, 2.75) is 26.9 Å². The van der Waals surface area contributed by atoms with Gasteiger partial charge in [0.05, 0.1) is 29.5 Å². The molecule has 130 valence electrons. The molecule has 1 N–H and O–H groups in total. The number of anilines is 1. The Bertz CT molecular complexity index is 698. The third kappa shape index (κ3) is 5.25. The summed E-state index contributed by atoms with van der Waals surface area (Å²) in [6.07, 6.45) is 0.784. The van der Waals surface area contributed by atoms with Crippen LogP contribution in [0.2, 0.25) is 10.0 Å². The largest absolute Gasteiger partial charge is 0.465 e. The number of Topliss-reactive ketones (excluding diaryl/α,β-unsaturated/α-hetero) is 1. The fraction of sp³-hybridized carbons (Fsp3) is 0.312. The number of carbonyl (C=O) groups excluding carboxylic acids is 3. The highest BCUT2D eigenvalue weighted by atomic mass is 35.5. The van der Waals surface area contributed by atoms with Crippen molar-refractivity contribution in [2.75, 3.05) is 12.4 Å². The van der Waals surface area contributed by atoms with Crippen LogP contribution in [0.25, 0.3) is 0 Å². The van der Waals surface area contributed by atoms with Gasteiger partial charge < -0.3 is 14.8 Å². The fourth-order valence-electron chi connectivity index (χ4n) is 1.68. The van der Waals surface area contributed by atoms with Gasteiger partial charge >= 0.3 is 11.9 Å². The summed E-state index contributed by atoms with van der Waals surface area (Å²) in [7, 11) is 1.21. The lowest BCUT2D eigenvalue weighted by molar-refractivity contribution is -0.143. The molecular weight excluding hydrogens is 357 g/mol. The van der Waals surface area contributed by atoms with E-state index in [2.05, 4.69) is 10.1 Å². The molecule has 0 bridgehead atoms. The van der Waals surface area contributed by atoms with Crippen LogP contribution in [0.4, 0.5) is 5.69 Å². The minimum Gasteiger partial charge on any atom is -0.465 e. The summed E-state index contributed by atoms with van der Waals surface area (Å²) < 4.78 is 9.61. The summed E-state index contributed by atoms with van der Waals surface area (Å²) in [6, 6.07) is 2.79. The molecule has 0 aliphatic rings. The fourth-order valence-corrected chi connectivity index (χ4v) is 2.14. The number of halogens is 2.